The van der Waals surface area contributed by atoms with Crippen LogP contribution in [0.3, 0.4) is 0 Å². The van der Waals surface area contributed by atoms with Gasteiger partial charge in [0.25, 0.3) is 0 Å². The first-order valence-corrected chi connectivity index (χ1v) is 4.91. The minimum atomic E-state index is -4.09. The zero-order valence-electron chi connectivity index (χ0n) is 8.41. The van der Waals surface area contributed by atoms with Crippen LogP contribution in [0, 0.1) is 0 Å². The van der Waals surface area contributed by atoms with Gasteiger partial charge < -0.3 is 0 Å². The summed E-state index contributed by atoms with van der Waals surface area (Å²) in [5.41, 5.74) is 1.30. The third-order valence-electron chi connectivity index (χ3n) is 2.18. The van der Waals surface area contributed by atoms with Gasteiger partial charge in [-0.1, -0.05) is 0 Å². The molecule has 0 radical (unpaired) electrons. The zero-order valence-corrected chi connectivity index (χ0v) is 8.41. The van der Waals surface area contributed by atoms with Crippen LogP contribution >= 0.6 is 0 Å². The van der Waals surface area contributed by atoms with Crippen molar-refractivity contribution in [1.29, 1.82) is 0 Å². The van der Waals surface area contributed by atoms with Gasteiger partial charge in [-0.05, 0) is 18.9 Å². The van der Waals surface area contributed by atoms with Gasteiger partial charge in [0.1, 0.15) is 0 Å². The fourth-order valence-electron chi connectivity index (χ4n) is 1.47. The van der Waals surface area contributed by atoms with E-state index < -0.39 is 12.6 Å². The first-order valence-electron chi connectivity index (χ1n) is 4.91. The van der Waals surface area contributed by atoms with Crippen molar-refractivity contribution in [3.8, 4) is 0 Å². The fraction of sp³-hybridized carbons (Fsp3) is 0.400. The third kappa shape index (κ3) is 2.71. The second-order valence-electron chi connectivity index (χ2n) is 3.53. The van der Waals surface area contributed by atoms with E-state index in [1.165, 1.54) is 0 Å². The van der Waals surface area contributed by atoms with Gasteiger partial charge in [0.15, 0.2) is 5.65 Å². The summed E-state index contributed by atoms with van der Waals surface area (Å²) in [5, 5.41) is 4.12. The van der Waals surface area contributed by atoms with Gasteiger partial charge in [0.05, 0.1) is 5.69 Å². The minimum Gasteiger partial charge on any atom is -0.237 e. The van der Waals surface area contributed by atoms with Gasteiger partial charge in [-0.15, -0.1) is 0 Å². The molecule has 86 valence electrons. The van der Waals surface area contributed by atoms with E-state index in [0.717, 1.165) is 0 Å². The topological polar surface area (TPSA) is 30.2 Å². The molecule has 2 aromatic rings. The van der Waals surface area contributed by atoms with E-state index in [1.54, 1.807) is 29.0 Å². The molecule has 3 nitrogen and oxygen atoms in total. The Bertz CT molecular complexity index is 442. The quantitative estimate of drug-likeness (QED) is 0.809. The van der Waals surface area contributed by atoms with E-state index >= 15 is 0 Å². The molecule has 16 heavy (non-hydrogen) atoms. The molecule has 0 aromatic carbocycles. The molecule has 6 heteroatoms. The van der Waals surface area contributed by atoms with Gasteiger partial charge in [0.2, 0.25) is 0 Å². The van der Waals surface area contributed by atoms with Crippen molar-refractivity contribution < 1.29 is 13.2 Å². The number of aromatic nitrogens is 3. The van der Waals surface area contributed by atoms with Gasteiger partial charge in [-0.3, -0.25) is 0 Å². The van der Waals surface area contributed by atoms with E-state index in [-0.39, 0.29) is 6.42 Å². The summed E-state index contributed by atoms with van der Waals surface area (Å²) in [4.78, 5) is 4.04. The molecule has 0 saturated heterocycles. The molecule has 2 aromatic heterocycles. The molecule has 0 amide bonds. The van der Waals surface area contributed by atoms with Crippen molar-refractivity contribution in [2.75, 3.05) is 0 Å². The third-order valence-corrected chi connectivity index (χ3v) is 2.18. The highest BCUT2D eigenvalue weighted by Crippen LogP contribution is 2.22. The maximum atomic E-state index is 11.9. The lowest BCUT2D eigenvalue weighted by Gasteiger charge is -2.03. The van der Waals surface area contributed by atoms with Crippen LogP contribution in [0.5, 0.6) is 0 Å². The van der Waals surface area contributed by atoms with Crippen molar-refractivity contribution in [2.45, 2.75) is 25.4 Å². The molecule has 2 rings (SSSR count). The summed E-state index contributed by atoms with van der Waals surface area (Å²) in [6.07, 6.45) is -1.13. The molecular formula is C10H10F3N3. The fourth-order valence-corrected chi connectivity index (χ4v) is 1.47. The Morgan fingerprint density at radius 1 is 1.31 bits per heavy atom. The summed E-state index contributed by atoms with van der Waals surface area (Å²) in [5.74, 6) is 0. The Hall–Kier alpha value is -1.59. The van der Waals surface area contributed by atoms with Crippen LogP contribution in [0.25, 0.3) is 5.65 Å². The predicted molar refractivity (Wildman–Crippen MR) is 52.0 cm³/mol. The number of rotatable bonds is 3. The van der Waals surface area contributed by atoms with Crippen LogP contribution in [0.15, 0.2) is 24.5 Å². The maximum Gasteiger partial charge on any atom is 0.389 e. The standard InChI is InChI=1S/C10H10F3N3/c11-10(12,13)4-1-3-8-7-9-14-5-2-6-16(9)15-8/h2,5-7H,1,3-4H2. The van der Waals surface area contributed by atoms with Crippen molar-refractivity contribution in [3.05, 3.63) is 30.2 Å². The van der Waals surface area contributed by atoms with E-state index in [0.29, 0.717) is 17.8 Å². The Balaban J connectivity index is 2.00. The average Bonchev–Trinajstić information content (AvgIpc) is 2.57. The lowest BCUT2D eigenvalue weighted by Crippen LogP contribution is -2.07. The molecule has 0 saturated carbocycles. The zero-order chi connectivity index (χ0) is 11.6. The van der Waals surface area contributed by atoms with Gasteiger partial charge >= 0.3 is 6.18 Å². The molecule has 0 aliphatic carbocycles. The molecule has 0 atom stereocenters. The number of aryl methyl sites for hydroxylation is 1. The lowest BCUT2D eigenvalue weighted by atomic mass is 10.2. The van der Waals surface area contributed by atoms with Gasteiger partial charge in [-0.2, -0.15) is 18.3 Å². The van der Waals surface area contributed by atoms with Crippen LogP contribution in [-0.4, -0.2) is 20.8 Å². The lowest BCUT2D eigenvalue weighted by molar-refractivity contribution is -0.135. The second kappa shape index (κ2) is 4.11. The molecule has 0 aliphatic heterocycles. The molecule has 0 unspecified atom stereocenters. The number of alkyl halides is 3. The van der Waals surface area contributed by atoms with Crippen molar-refractivity contribution in [1.82, 2.24) is 14.6 Å². The van der Waals surface area contributed by atoms with Gasteiger partial charge in [0, 0.05) is 24.9 Å². The number of halogens is 3. The number of hydrogen-bond donors (Lipinski definition) is 0. The summed E-state index contributed by atoms with van der Waals surface area (Å²) in [6.45, 7) is 0. The van der Waals surface area contributed by atoms with E-state index in [9.17, 15) is 13.2 Å². The molecule has 0 spiro atoms. The first kappa shape index (κ1) is 10.9. The highest BCUT2D eigenvalue weighted by atomic mass is 19.4. The predicted octanol–water partition coefficient (Wildman–Crippen LogP) is 2.61. The summed E-state index contributed by atoms with van der Waals surface area (Å²) in [7, 11) is 0. The highest BCUT2D eigenvalue weighted by molar-refractivity contribution is 5.38. The summed E-state index contributed by atoms with van der Waals surface area (Å²) in [6, 6.07) is 3.43. The maximum absolute atomic E-state index is 11.9. The average molecular weight is 229 g/mol. The molecule has 0 bridgehead atoms. The van der Waals surface area contributed by atoms with Crippen LogP contribution in [-0.2, 0) is 6.42 Å². The second-order valence-corrected chi connectivity index (χ2v) is 3.53. The van der Waals surface area contributed by atoms with Crippen molar-refractivity contribution in [3.63, 3.8) is 0 Å². The Labute approximate surface area is 89.9 Å². The van der Waals surface area contributed by atoms with E-state index in [1.807, 2.05) is 0 Å². The van der Waals surface area contributed by atoms with E-state index in [4.69, 9.17) is 0 Å². The largest absolute Gasteiger partial charge is 0.389 e. The molecule has 0 aliphatic rings. The van der Waals surface area contributed by atoms with Crippen molar-refractivity contribution in [2.24, 2.45) is 0 Å². The Kier molecular flexibility index (Phi) is 2.80. The molecular weight excluding hydrogens is 219 g/mol. The van der Waals surface area contributed by atoms with Crippen molar-refractivity contribution >= 4 is 5.65 Å². The monoisotopic (exact) mass is 229 g/mol. The summed E-state index contributed by atoms with van der Waals surface area (Å²) >= 11 is 0. The SMILES string of the molecule is FC(F)(F)CCCc1cc2ncccn2n1. The molecule has 2 heterocycles. The Morgan fingerprint density at radius 2 is 2.12 bits per heavy atom. The number of fused-ring (bicyclic) bond motifs is 1. The first-order chi connectivity index (χ1) is 7.54. The van der Waals surface area contributed by atoms with Crippen LogP contribution < -0.4 is 0 Å². The van der Waals surface area contributed by atoms with Crippen LogP contribution in [0.4, 0.5) is 13.2 Å². The molecule has 0 fully saturated rings. The molecule has 0 N–H and O–H groups in total. The minimum absolute atomic E-state index is 0.0629. The number of nitrogens with zero attached hydrogens (tertiary/aromatic N) is 3. The summed E-state index contributed by atoms with van der Waals surface area (Å²) < 4.78 is 37.3. The number of hydrogen-bond acceptors (Lipinski definition) is 2. The van der Waals surface area contributed by atoms with Crippen LogP contribution in [0.2, 0.25) is 0 Å². The van der Waals surface area contributed by atoms with E-state index in [2.05, 4.69) is 10.1 Å². The van der Waals surface area contributed by atoms with Crippen LogP contribution in [0.1, 0.15) is 18.5 Å². The normalized spacial score (nSPS) is 12.2. The smallest absolute Gasteiger partial charge is 0.237 e. The highest BCUT2D eigenvalue weighted by Gasteiger charge is 2.26. The Morgan fingerprint density at radius 3 is 2.81 bits per heavy atom. The van der Waals surface area contributed by atoms with Gasteiger partial charge in [-0.25, -0.2) is 9.50 Å².